The van der Waals surface area contributed by atoms with Crippen molar-refractivity contribution in [1.29, 1.82) is 0 Å². The zero-order chi connectivity index (χ0) is 21.1. The van der Waals surface area contributed by atoms with Gasteiger partial charge in [-0.25, -0.2) is 4.79 Å². The molecule has 0 saturated heterocycles. The first-order chi connectivity index (χ1) is 13.1. The summed E-state index contributed by atoms with van der Waals surface area (Å²) in [6, 6.07) is 10.2. The Balaban J connectivity index is 2.13. The second-order valence-electron chi connectivity index (χ2n) is 7.38. The van der Waals surface area contributed by atoms with Crippen LogP contribution >= 0.6 is 0 Å². The number of carbonyl (C=O) groups is 3. The second kappa shape index (κ2) is 8.25. The van der Waals surface area contributed by atoms with Crippen molar-refractivity contribution >= 4 is 29.2 Å². The Hall–Kier alpha value is -3.15. The molecular formula is C22H26N2O4. The number of esters is 1. The summed E-state index contributed by atoms with van der Waals surface area (Å²) < 4.78 is 4.65. The van der Waals surface area contributed by atoms with Gasteiger partial charge in [0.05, 0.1) is 12.7 Å². The molecule has 2 N–H and O–H groups in total. The maximum Gasteiger partial charge on any atom is 0.337 e. The quantitative estimate of drug-likeness (QED) is 0.605. The number of amides is 2. The number of nitrogens with one attached hydrogen (secondary N) is 2. The van der Waals surface area contributed by atoms with Crippen LogP contribution in [0, 0.1) is 26.2 Å². The number of hydrogen-bond acceptors (Lipinski definition) is 4. The molecule has 0 spiro atoms. The summed E-state index contributed by atoms with van der Waals surface area (Å²) in [5.41, 5.74) is 3.29. The van der Waals surface area contributed by atoms with Crippen molar-refractivity contribution in [2.75, 3.05) is 17.7 Å². The molecule has 0 fully saturated rings. The topological polar surface area (TPSA) is 84.5 Å². The molecule has 0 aliphatic carbocycles. The number of benzene rings is 2. The van der Waals surface area contributed by atoms with Crippen molar-refractivity contribution < 1.29 is 19.1 Å². The molecular weight excluding hydrogens is 356 g/mol. The van der Waals surface area contributed by atoms with E-state index >= 15 is 0 Å². The minimum absolute atomic E-state index is 0.378. The number of methoxy groups -OCH3 is 1. The highest BCUT2D eigenvalue weighted by Crippen LogP contribution is 2.26. The average Bonchev–Trinajstić information content (AvgIpc) is 2.64. The molecule has 6 heteroatoms. The van der Waals surface area contributed by atoms with Crippen LogP contribution < -0.4 is 10.6 Å². The SMILES string of the molecule is COC(=O)c1ccc(NC(=O)C(C)(C)C(=O)Nc2c(C)cc(C)cc2C)cc1. The Morgan fingerprint density at radius 1 is 0.857 bits per heavy atom. The summed E-state index contributed by atoms with van der Waals surface area (Å²) in [6.45, 7) is 8.98. The lowest BCUT2D eigenvalue weighted by Crippen LogP contribution is -2.41. The highest BCUT2D eigenvalue weighted by atomic mass is 16.5. The number of carbonyl (C=O) groups excluding carboxylic acids is 3. The Morgan fingerprint density at radius 3 is 1.86 bits per heavy atom. The van der Waals surface area contributed by atoms with Crippen LogP contribution in [-0.4, -0.2) is 24.9 Å². The normalized spacial score (nSPS) is 10.9. The minimum Gasteiger partial charge on any atom is -0.465 e. The second-order valence-corrected chi connectivity index (χ2v) is 7.38. The van der Waals surface area contributed by atoms with Crippen molar-refractivity contribution in [1.82, 2.24) is 0 Å². The predicted octanol–water partition coefficient (Wildman–Crippen LogP) is 4.00. The van der Waals surface area contributed by atoms with Gasteiger partial charge in [-0.1, -0.05) is 17.7 Å². The summed E-state index contributed by atoms with van der Waals surface area (Å²) in [5, 5.41) is 5.60. The van der Waals surface area contributed by atoms with Crippen molar-refractivity contribution in [2.24, 2.45) is 5.41 Å². The molecule has 0 atom stereocenters. The van der Waals surface area contributed by atoms with Crippen molar-refractivity contribution in [3.8, 4) is 0 Å². The molecule has 2 rings (SSSR count). The number of aryl methyl sites for hydroxylation is 3. The van der Waals surface area contributed by atoms with Gasteiger partial charge in [0.2, 0.25) is 11.8 Å². The van der Waals surface area contributed by atoms with E-state index in [0.29, 0.717) is 11.3 Å². The fourth-order valence-electron chi connectivity index (χ4n) is 2.84. The van der Waals surface area contributed by atoms with Gasteiger partial charge in [-0.15, -0.1) is 0 Å². The van der Waals surface area contributed by atoms with Gasteiger partial charge >= 0.3 is 5.97 Å². The maximum absolute atomic E-state index is 12.8. The van der Waals surface area contributed by atoms with Crippen LogP contribution in [0.1, 0.15) is 40.9 Å². The van der Waals surface area contributed by atoms with E-state index in [1.165, 1.54) is 7.11 Å². The smallest absolute Gasteiger partial charge is 0.337 e. The van der Waals surface area contributed by atoms with E-state index in [0.717, 1.165) is 22.4 Å². The van der Waals surface area contributed by atoms with E-state index in [-0.39, 0.29) is 0 Å². The van der Waals surface area contributed by atoms with Crippen LogP contribution in [0.15, 0.2) is 36.4 Å². The summed E-state index contributed by atoms with van der Waals surface area (Å²) in [7, 11) is 1.30. The zero-order valence-electron chi connectivity index (χ0n) is 17.1. The molecule has 6 nitrogen and oxygen atoms in total. The first kappa shape index (κ1) is 21.2. The molecule has 0 radical (unpaired) electrons. The van der Waals surface area contributed by atoms with E-state index in [4.69, 9.17) is 0 Å². The monoisotopic (exact) mass is 382 g/mol. The Kier molecular flexibility index (Phi) is 6.23. The maximum atomic E-state index is 12.8. The Bertz CT molecular complexity index is 892. The van der Waals surface area contributed by atoms with Gasteiger partial charge in [0.25, 0.3) is 0 Å². The molecule has 0 aliphatic heterocycles. The number of rotatable bonds is 5. The summed E-state index contributed by atoms with van der Waals surface area (Å²) in [4.78, 5) is 37.0. The van der Waals surface area contributed by atoms with E-state index < -0.39 is 23.2 Å². The summed E-state index contributed by atoms with van der Waals surface area (Å²) in [5.74, 6) is -1.30. The molecule has 148 valence electrons. The third-order valence-electron chi connectivity index (χ3n) is 4.61. The molecule has 0 saturated carbocycles. The molecule has 2 aromatic rings. The van der Waals surface area contributed by atoms with Crippen molar-refractivity contribution in [3.63, 3.8) is 0 Å². The van der Waals surface area contributed by atoms with Crippen LogP contribution in [0.2, 0.25) is 0 Å². The van der Waals surface area contributed by atoms with E-state index in [2.05, 4.69) is 15.4 Å². The lowest BCUT2D eigenvalue weighted by molar-refractivity contribution is -0.135. The first-order valence-corrected chi connectivity index (χ1v) is 8.95. The average molecular weight is 382 g/mol. The van der Waals surface area contributed by atoms with E-state index in [1.807, 2.05) is 32.9 Å². The highest BCUT2D eigenvalue weighted by Gasteiger charge is 2.36. The van der Waals surface area contributed by atoms with Gasteiger partial charge in [0.15, 0.2) is 0 Å². The van der Waals surface area contributed by atoms with Crippen LogP contribution in [0.4, 0.5) is 11.4 Å². The van der Waals surface area contributed by atoms with Crippen LogP contribution in [-0.2, 0) is 14.3 Å². The van der Waals surface area contributed by atoms with Crippen LogP contribution in [0.3, 0.4) is 0 Å². The molecule has 0 heterocycles. The predicted molar refractivity (Wildman–Crippen MR) is 109 cm³/mol. The van der Waals surface area contributed by atoms with Gasteiger partial charge < -0.3 is 15.4 Å². The summed E-state index contributed by atoms with van der Waals surface area (Å²) in [6.07, 6.45) is 0. The van der Waals surface area contributed by atoms with Gasteiger partial charge in [-0.2, -0.15) is 0 Å². The molecule has 0 aromatic heterocycles. The molecule has 0 bridgehead atoms. The van der Waals surface area contributed by atoms with Gasteiger partial charge in [0, 0.05) is 11.4 Å². The number of ether oxygens (including phenoxy) is 1. The highest BCUT2D eigenvalue weighted by molar-refractivity contribution is 6.14. The molecule has 0 aliphatic rings. The third kappa shape index (κ3) is 4.57. The van der Waals surface area contributed by atoms with Crippen molar-refractivity contribution in [3.05, 3.63) is 58.7 Å². The van der Waals surface area contributed by atoms with Gasteiger partial charge in [0.1, 0.15) is 5.41 Å². The standard InChI is InChI=1S/C22H26N2O4/c1-13-11-14(2)18(15(3)12-13)24-21(27)22(4,5)20(26)23-17-9-7-16(8-10-17)19(25)28-6/h7-12H,1-6H3,(H,23,26)(H,24,27). The Morgan fingerprint density at radius 2 is 1.36 bits per heavy atom. The zero-order valence-corrected chi connectivity index (χ0v) is 17.1. The lowest BCUT2D eigenvalue weighted by Gasteiger charge is -2.24. The molecule has 2 amide bonds. The fourth-order valence-corrected chi connectivity index (χ4v) is 2.84. The van der Waals surface area contributed by atoms with Gasteiger partial charge in [-0.3, -0.25) is 9.59 Å². The Labute approximate surface area is 165 Å². The van der Waals surface area contributed by atoms with E-state index in [9.17, 15) is 14.4 Å². The lowest BCUT2D eigenvalue weighted by atomic mass is 9.90. The molecule has 2 aromatic carbocycles. The molecule has 0 unspecified atom stereocenters. The molecule has 28 heavy (non-hydrogen) atoms. The van der Waals surface area contributed by atoms with Crippen LogP contribution in [0.5, 0.6) is 0 Å². The van der Waals surface area contributed by atoms with Gasteiger partial charge in [-0.05, 0) is 70.0 Å². The minimum atomic E-state index is -1.30. The first-order valence-electron chi connectivity index (χ1n) is 8.95. The van der Waals surface area contributed by atoms with E-state index in [1.54, 1.807) is 38.1 Å². The summed E-state index contributed by atoms with van der Waals surface area (Å²) >= 11 is 0. The van der Waals surface area contributed by atoms with Crippen molar-refractivity contribution in [2.45, 2.75) is 34.6 Å². The van der Waals surface area contributed by atoms with Crippen LogP contribution in [0.25, 0.3) is 0 Å². The largest absolute Gasteiger partial charge is 0.465 e. The third-order valence-corrected chi connectivity index (χ3v) is 4.61. The number of hydrogen-bond donors (Lipinski definition) is 2. The number of anilines is 2. The fraction of sp³-hybridized carbons (Fsp3) is 0.318.